The zero-order chi connectivity index (χ0) is 15.3. The molecule has 1 aliphatic heterocycles. The average molecular weight is 297 g/mol. The van der Waals surface area contributed by atoms with E-state index in [0.29, 0.717) is 23.6 Å². The minimum absolute atomic E-state index is 0.105. The number of amides is 1. The number of carbonyl (C=O) groups is 1. The lowest BCUT2D eigenvalue weighted by molar-refractivity contribution is 0.0694. The third-order valence-corrected chi connectivity index (χ3v) is 5.90. The number of H-pyrrole nitrogens is 1. The number of rotatable bonds is 2. The number of nitrogens with zero attached hydrogens (tertiary/aromatic N) is 2. The number of nitrogens with one attached hydrogen (secondary N) is 1. The first kappa shape index (κ1) is 13.8. The Bertz CT molecular complexity index is 707. The Labute approximate surface area is 130 Å². The molecular formula is C18H23N3O. The molecule has 2 bridgehead atoms. The van der Waals surface area contributed by atoms with E-state index in [1.165, 1.54) is 12.8 Å². The summed E-state index contributed by atoms with van der Waals surface area (Å²) in [6, 6.07) is 8.27. The van der Waals surface area contributed by atoms with Gasteiger partial charge in [-0.2, -0.15) is 5.10 Å². The van der Waals surface area contributed by atoms with Gasteiger partial charge in [0.05, 0.1) is 5.52 Å². The number of hydrogen-bond acceptors (Lipinski definition) is 2. The molecule has 1 saturated carbocycles. The Morgan fingerprint density at radius 2 is 2.18 bits per heavy atom. The van der Waals surface area contributed by atoms with Crippen LogP contribution in [0.4, 0.5) is 0 Å². The van der Waals surface area contributed by atoms with E-state index in [1.54, 1.807) is 0 Å². The second kappa shape index (κ2) is 5.11. The highest BCUT2D eigenvalue weighted by Gasteiger charge is 2.46. The third kappa shape index (κ3) is 1.97. The van der Waals surface area contributed by atoms with Crippen LogP contribution in [0.15, 0.2) is 24.3 Å². The van der Waals surface area contributed by atoms with E-state index in [2.05, 4.69) is 28.9 Å². The van der Waals surface area contributed by atoms with Gasteiger partial charge in [-0.1, -0.05) is 38.5 Å². The van der Waals surface area contributed by atoms with E-state index in [0.717, 1.165) is 29.8 Å². The summed E-state index contributed by atoms with van der Waals surface area (Å²) in [4.78, 5) is 15.2. The predicted molar refractivity (Wildman–Crippen MR) is 86.6 cm³/mol. The summed E-state index contributed by atoms with van der Waals surface area (Å²) in [6.07, 6.45) is 3.66. The fourth-order valence-corrected chi connectivity index (χ4v) is 4.48. The van der Waals surface area contributed by atoms with Crippen LogP contribution in [0, 0.1) is 17.8 Å². The number of para-hydroxylation sites is 1. The van der Waals surface area contributed by atoms with Crippen LogP contribution >= 0.6 is 0 Å². The predicted octanol–water partition coefficient (Wildman–Crippen LogP) is 3.46. The average Bonchev–Trinajstić information content (AvgIpc) is 3.02. The van der Waals surface area contributed by atoms with Crippen molar-refractivity contribution in [2.24, 2.45) is 17.8 Å². The number of aromatic nitrogens is 2. The van der Waals surface area contributed by atoms with Gasteiger partial charge in [-0.3, -0.25) is 9.89 Å². The lowest BCUT2D eigenvalue weighted by Gasteiger charge is -2.33. The summed E-state index contributed by atoms with van der Waals surface area (Å²) in [5.41, 5.74) is 1.52. The molecule has 1 aromatic heterocycles. The Morgan fingerprint density at radius 1 is 1.36 bits per heavy atom. The fourth-order valence-electron chi connectivity index (χ4n) is 4.48. The van der Waals surface area contributed by atoms with Crippen LogP contribution in [0.3, 0.4) is 0 Å². The van der Waals surface area contributed by atoms with Gasteiger partial charge in [-0.25, -0.2) is 0 Å². The zero-order valence-electron chi connectivity index (χ0n) is 13.2. The van der Waals surface area contributed by atoms with Crippen LogP contribution in [0.25, 0.3) is 10.9 Å². The fraction of sp³-hybridized carbons (Fsp3) is 0.556. The van der Waals surface area contributed by atoms with E-state index in [-0.39, 0.29) is 5.91 Å². The number of fused-ring (bicyclic) bond motifs is 3. The molecule has 4 nitrogen and oxygen atoms in total. The van der Waals surface area contributed by atoms with Crippen molar-refractivity contribution in [2.45, 2.75) is 39.2 Å². The summed E-state index contributed by atoms with van der Waals surface area (Å²) in [5, 5.41) is 8.23. The van der Waals surface area contributed by atoms with Gasteiger partial charge in [0.25, 0.3) is 5.91 Å². The Balaban J connectivity index is 1.66. The van der Waals surface area contributed by atoms with Crippen molar-refractivity contribution in [1.82, 2.24) is 15.1 Å². The van der Waals surface area contributed by atoms with Crippen molar-refractivity contribution in [3.05, 3.63) is 30.0 Å². The van der Waals surface area contributed by atoms with Crippen LogP contribution in [-0.4, -0.2) is 33.6 Å². The molecule has 4 atom stereocenters. The molecule has 2 fully saturated rings. The lowest BCUT2D eigenvalue weighted by atomic mass is 9.74. The Kier molecular flexibility index (Phi) is 3.21. The van der Waals surface area contributed by atoms with Gasteiger partial charge in [0, 0.05) is 18.0 Å². The largest absolute Gasteiger partial charge is 0.334 e. The maximum atomic E-state index is 13.0. The van der Waals surface area contributed by atoms with Crippen molar-refractivity contribution >= 4 is 16.8 Å². The summed E-state index contributed by atoms with van der Waals surface area (Å²) < 4.78 is 0. The molecule has 1 unspecified atom stereocenters. The number of hydrogen-bond donors (Lipinski definition) is 1. The highest BCUT2D eigenvalue weighted by molar-refractivity contribution is 6.04. The zero-order valence-corrected chi connectivity index (χ0v) is 13.2. The molecule has 116 valence electrons. The van der Waals surface area contributed by atoms with E-state index < -0.39 is 0 Å². The lowest BCUT2D eigenvalue weighted by Crippen LogP contribution is -2.39. The monoisotopic (exact) mass is 297 g/mol. The molecule has 0 radical (unpaired) electrons. The van der Waals surface area contributed by atoms with Crippen LogP contribution in [0.2, 0.25) is 0 Å². The van der Waals surface area contributed by atoms with E-state index in [1.807, 2.05) is 24.3 Å². The summed E-state index contributed by atoms with van der Waals surface area (Å²) in [5.74, 6) is 2.17. The minimum Gasteiger partial charge on any atom is -0.334 e. The molecule has 22 heavy (non-hydrogen) atoms. The minimum atomic E-state index is 0.105. The molecule has 1 N–H and O–H groups in total. The summed E-state index contributed by atoms with van der Waals surface area (Å²) in [6.45, 7) is 5.49. The molecule has 2 aliphatic rings. The van der Waals surface area contributed by atoms with E-state index >= 15 is 0 Å². The molecule has 1 aromatic carbocycles. The molecule has 1 aliphatic carbocycles. The maximum absolute atomic E-state index is 13.0. The third-order valence-electron chi connectivity index (χ3n) is 5.90. The highest BCUT2D eigenvalue weighted by Crippen LogP contribution is 2.44. The smallest absolute Gasteiger partial charge is 0.275 e. The first-order chi connectivity index (χ1) is 10.7. The number of likely N-dealkylation sites (tertiary alicyclic amines) is 1. The van der Waals surface area contributed by atoms with Crippen LogP contribution < -0.4 is 0 Å². The second-order valence-electron chi connectivity index (χ2n) is 7.01. The number of carbonyl (C=O) groups excluding carboxylic acids is 1. The second-order valence-corrected chi connectivity index (χ2v) is 7.01. The maximum Gasteiger partial charge on any atom is 0.275 e. The molecular weight excluding hydrogens is 274 g/mol. The summed E-state index contributed by atoms with van der Waals surface area (Å²) >= 11 is 0. The van der Waals surface area contributed by atoms with Gasteiger partial charge in [0.15, 0.2) is 5.69 Å². The number of benzene rings is 1. The standard InChI is InChI=1S/C18H23N3O/c1-3-12-8-13-10-21(16(9-12)11(13)2)18(22)17-14-6-4-5-7-15(14)19-20-17/h4-7,11-13,16H,3,8-10H2,1-2H3,(H,19,20)/t11-,12?,13-,16-/m1/s1. The van der Waals surface area contributed by atoms with Gasteiger partial charge in [0.2, 0.25) is 0 Å². The quantitative estimate of drug-likeness (QED) is 0.923. The van der Waals surface area contributed by atoms with Gasteiger partial charge in [0.1, 0.15) is 0 Å². The normalized spacial score (nSPS) is 30.9. The Hall–Kier alpha value is -1.84. The van der Waals surface area contributed by atoms with Gasteiger partial charge >= 0.3 is 0 Å². The first-order valence-electron chi connectivity index (χ1n) is 8.43. The number of aromatic amines is 1. The summed E-state index contributed by atoms with van der Waals surface area (Å²) in [7, 11) is 0. The van der Waals surface area contributed by atoms with Crippen molar-refractivity contribution < 1.29 is 4.79 Å². The molecule has 4 rings (SSSR count). The highest BCUT2D eigenvalue weighted by atomic mass is 16.2. The van der Waals surface area contributed by atoms with Gasteiger partial charge in [-0.15, -0.1) is 0 Å². The van der Waals surface area contributed by atoms with Crippen LogP contribution in [-0.2, 0) is 0 Å². The molecule has 1 saturated heterocycles. The van der Waals surface area contributed by atoms with Crippen molar-refractivity contribution in [2.75, 3.05) is 6.54 Å². The molecule has 1 amide bonds. The topological polar surface area (TPSA) is 49.0 Å². The Morgan fingerprint density at radius 3 is 3.00 bits per heavy atom. The van der Waals surface area contributed by atoms with E-state index in [4.69, 9.17) is 0 Å². The SMILES string of the molecule is CCC1C[C@@H]2CN(C(=O)c3n[nH]c4ccccc34)[C@H](C1)[C@@H]2C. The van der Waals surface area contributed by atoms with Crippen molar-refractivity contribution in [1.29, 1.82) is 0 Å². The first-order valence-corrected chi connectivity index (χ1v) is 8.43. The van der Waals surface area contributed by atoms with Crippen LogP contribution in [0.5, 0.6) is 0 Å². The molecule has 2 aromatic rings. The van der Waals surface area contributed by atoms with Crippen molar-refractivity contribution in [3.63, 3.8) is 0 Å². The van der Waals surface area contributed by atoms with Crippen molar-refractivity contribution in [3.8, 4) is 0 Å². The van der Waals surface area contributed by atoms with Gasteiger partial charge < -0.3 is 4.90 Å². The van der Waals surface area contributed by atoms with Gasteiger partial charge in [-0.05, 0) is 36.7 Å². The molecule has 0 spiro atoms. The van der Waals surface area contributed by atoms with Crippen LogP contribution in [0.1, 0.15) is 43.6 Å². The molecule has 2 heterocycles. The van der Waals surface area contributed by atoms with E-state index in [9.17, 15) is 4.79 Å². The molecule has 4 heteroatoms.